The van der Waals surface area contributed by atoms with E-state index >= 15 is 0 Å². The first-order valence-electron chi connectivity index (χ1n) is 8.60. The molecule has 0 radical (unpaired) electrons. The number of rotatable bonds is 3. The Hall–Kier alpha value is -1.64. The average molecular weight is 297 g/mol. The Morgan fingerprint density at radius 1 is 1.05 bits per heavy atom. The Bertz CT molecular complexity index is 593. The number of imide groups is 1. The molecule has 0 N–H and O–H groups in total. The standard InChI is InChI=1S/C19H23NO2/c21-17-12-19(15-6-2-1-3-7-15)11-5-4-8-16(19)18(22)20(17)13-14-9-10-14/h1-3,6-7,14,16H,4-5,8-13H2. The summed E-state index contributed by atoms with van der Waals surface area (Å²) >= 11 is 0. The van der Waals surface area contributed by atoms with Crippen molar-refractivity contribution in [3.63, 3.8) is 0 Å². The molecule has 0 bridgehead atoms. The molecule has 2 amide bonds. The molecular weight excluding hydrogens is 274 g/mol. The molecule has 2 saturated carbocycles. The molecule has 22 heavy (non-hydrogen) atoms. The third kappa shape index (κ3) is 2.18. The summed E-state index contributed by atoms with van der Waals surface area (Å²) in [6.45, 7) is 0.666. The van der Waals surface area contributed by atoms with Crippen LogP contribution in [0.4, 0.5) is 0 Å². The van der Waals surface area contributed by atoms with Crippen LogP contribution in [0.15, 0.2) is 30.3 Å². The predicted octanol–water partition coefficient (Wildman–Crippen LogP) is 3.28. The van der Waals surface area contributed by atoms with E-state index in [1.54, 1.807) is 4.90 Å². The third-order valence-electron chi connectivity index (χ3n) is 5.85. The van der Waals surface area contributed by atoms with Crippen LogP contribution in [0.2, 0.25) is 0 Å². The summed E-state index contributed by atoms with van der Waals surface area (Å²) in [5.74, 6) is 0.728. The van der Waals surface area contributed by atoms with Crippen molar-refractivity contribution in [1.29, 1.82) is 0 Å². The minimum atomic E-state index is -0.242. The summed E-state index contributed by atoms with van der Waals surface area (Å²) < 4.78 is 0. The van der Waals surface area contributed by atoms with Crippen molar-refractivity contribution in [2.24, 2.45) is 11.8 Å². The van der Waals surface area contributed by atoms with Crippen molar-refractivity contribution in [1.82, 2.24) is 4.90 Å². The highest BCUT2D eigenvalue weighted by atomic mass is 16.2. The van der Waals surface area contributed by atoms with Gasteiger partial charge in [-0.3, -0.25) is 14.5 Å². The highest BCUT2D eigenvalue weighted by molar-refractivity contribution is 6.01. The van der Waals surface area contributed by atoms with Crippen molar-refractivity contribution >= 4 is 11.8 Å². The number of nitrogens with zero attached hydrogens (tertiary/aromatic N) is 1. The lowest BCUT2D eigenvalue weighted by Gasteiger charge is -2.49. The third-order valence-corrected chi connectivity index (χ3v) is 5.85. The van der Waals surface area contributed by atoms with E-state index in [4.69, 9.17) is 0 Å². The van der Waals surface area contributed by atoms with Gasteiger partial charge in [0, 0.05) is 24.3 Å². The van der Waals surface area contributed by atoms with Crippen LogP contribution >= 0.6 is 0 Å². The van der Waals surface area contributed by atoms with E-state index in [-0.39, 0.29) is 23.1 Å². The number of hydrogen-bond donors (Lipinski definition) is 0. The maximum absolute atomic E-state index is 13.0. The molecule has 1 aromatic rings. The van der Waals surface area contributed by atoms with Gasteiger partial charge in [0.25, 0.3) is 0 Å². The summed E-state index contributed by atoms with van der Waals surface area (Å²) in [5, 5.41) is 0. The maximum atomic E-state index is 13.0. The monoisotopic (exact) mass is 297 g/mol. The fourth-order valence-electron chi connectivity index (χ4n) is 4.46. The molecule has 1 aromatic carbocycles. The van der Waals surface area contributed by atoms with Crippen LogP contribution in [0.3, 0.4) is 0 Å². The second-order valence-electron chi connectivity index (χ2n) is 7.28. The van der Waals surface area contributed by atoms with Crippen molar-refractivity contribution in [3.8, 4) is 0 Å². The molecule has 3 heteroatoms. The zero-order valence-electron chi connectivity index (χ0n) is 13.0. The minimum Gasteiger partial charge on any atom is -0.282 e. The summed E-state index contributed by atoms with van der Waals surface area (Å²) in [6, 6.07) is 10.3. The lowest BCUT2D eigenvalue weighted by atomic mass is 9.58. The lowest BCUT2D eigenvalue weighted by Crippen LogP contribution is -2.57. The number of benzene rings is 1. The van der Waals surface area contributed by atoms with Gasteiger partial charge < -0.3 is 0 Å². The Morgan fingerprint density at radius 2 is 1.82 bits per heavy atom. The number of fused-ring (bicyclic) bond motifs is 1. The molecule has 116 valence electrons. The van der Waals surface area contributed by atoms with Gasteiger partial charge in [0.05, 0.1) is 0 Å². The number of amides is 2. The second-order valence-corrected chi connectivity index (χ2v) is 7.28. The van der Waals surface area contributed by atoms with Gasteiger partial charge in [-0.2, -0.15) is 0 Å². The van der Waals surface area contributed by atoms with Crippen LogP contribution in [0.1, 0.15) is 50.5 Å². The van der Waals surface area contributed by atoms with Crippen molar-refractivity contribution in [2.45, 2.75) is 50.4 Å². The predicted molar refractivity (Wildman–Crippen MR) is 84.1 cm³/mol. The van der Waals surface area contributed by atoms with E-state index in [2.05, 4.69) is 12.1 Å². The molecule has 1 heterocycles. The van der Waals surface area contributed by atoms with Crippen LogP contribution in [0.25, 0.3) is 0 Å². The van der Waals surface area contributed by atoms with Gasteiger partial charge in [-0.25, -0.2) is 0 Å². The normalized spacial score (nSPS) is 32.0. The van der Waals surface area contributed by atoms with Gasteiger partial charge in [0.15, 0.2) is 0 Å². The van der Waals surface area contributed by atoms with E-state index in [1.165, 1.54) is 18.4 Å². The van der Waals surface area contributed by atoms with Crippen LogP contribution < -0.4 is 0 Å². The van der Waals surface area contributed by atoms with Gasteiger partial charge in [0.1, 0.15) is 0 Å². The van der Waals surface area contributed by atoms with E-state index in [9.17, 15) is 9.59 Å². The Labute approximate surface area is 131 Å². The molecule has 3 aliphatic rings. The van der Waals surface area contributed by atoms with Crippen molar-refractivity contribution in [3.05, 3.63) is 35.9 Å². The molecule has 0 aromatic heterocycles. The quantitative estimate of drug-likeness (QED) is 0.803. The summed E-state index contributed by atoms with van der Waals surface area (Å²) in [4.78, 5) is 27.3. The molecule has 0 spiro atoms. The fraction of sp³-hybridized carbons (Fsp3) is 0.579. The van der Waals surface area contributed by atoms with Gasteiger partial charge in [0.2, 0.25) is 11.8 Å². The Balaban J connectivity index is 1.70. The Morgan fingerprint density at radius 3 is 2.55 bits per heavy atom. The fourth-order valence-corrected chi connectivity index (χ4v) is 4.46. The Kier molecular flexibility index (Phi) is 3.32. The van der Waals surface area contributed by atoms with Crippen LogP contribution in [0, 0.1) is 11.8 Å². The number of likely N-dealkylation sites (tertiary alicyclic amines) is 1. The number of piperidine rings is 1. The van der Waals surface area contributed by atoms with E-state index in [1.807, 2.05) is 18.2 Å². The SMILES string of the molecule is O=C1CC2(c3ccccc3)CCCCC2C(=O)N1CC1CC1. The molecule has 3 nitrogen and oxygen atoms in total. The van der Waals surface area contributed by atoms with E-state index in [0.717, 1.165) is 25.7 Å². The smallest absolute Gasteiger partial charge is 0.233 e. The average Bonchev–Trinajstić information content (AvgIpc) is 3.36. The molecule has 2 atom stereocenters. The number of carbonyl (C=O) groups is 2. The van der Waals surface area contributed by atoms with Gasteiger partial charge in [-0.05, 0) is 37.2 Å². The van der Waals surface area contributed by atoms with Crippen LogP contribution in [-0.2, 0) is 15.0 Å². The zero-order chi connectivity index (χ0) is 15.2. The number of hydrogen-bond acceptors (Lipinski definition) is 2. The van der Waals surface area contributed by atoms with Gasteiger partial charge in [-0.15, -0.1) is 0 Å². The highest BCUT2D eigenvalue weighted by Crippen LogP contribution is 2.50. The summed E-state index contributed by atoms with van der Waals surface area (Å²) in [5.41, 5.74) is 0.945. The largest absolute Gasteiger partial charge is 0.282 e. The second kappa shape index (κ2) is 5.22. The van der Waals surface area contributed by atoms with Crippen LogP contribution in [-0.4, -0.2) is 23.3 Å². The first-order chi connectivity index (χ1) is 10.7. The molecule has 4 rings (SSSR count). The zero-order valence-corrected chi connectivity index (χ0v) is 13.0. The molecule has 3 fully saturated rings. The summed E-state index contributed by atoms with van der Waals surface area (Å²) in [7, 11) is 0. The minimum absolute atomic E-state index is 0.0000926. The topological polar surface area (TPSA) is 37.4 Å². The van der Waals surface area contributed by atoms with Gasteiger partial charge >= 0.3 is 0 Å². The molecule has 1 aliphatic heterocycles. The first kappa shape index (κ1) is 14.0. The van der Waals surface area contributed by atoms with Crippen molar-refractivity contribution in [2.75, 3.05) is 6.54 Å². The number of carbonyl (C=O) groups excluding carboxylic acids is 2. The molecule has 2 aliphatic carbocycles. The highest BCUT2D eigenvalue weighted by Gasteiger charge is 2.53. The van der Waals surface area contributed by atoms with E-state index < -0.39 is 0 Å². The molecule has 1 saturated heterocycles. The van der Waals surface area contributed by atoms with Gasteiger partial charge in [-0.1, -0.05) is 43.2 Å². The van der Waals surface area contributed by atoms with Crippen LogP contribution in [0.5, 0.6) is 0 Å². The summed E-state index contributed by atoms with van der Waals surface area (Å²) in [6.07, 6.45) is 6.99. The first-order valence-corrected chi connectivity index (χ1v) is 8.60. The van der Waals surface area contributed by atoms with Crippen molar-refractivity contribution < 1.29 is 9.59 Å². The maximum Gasteiger partial charge on any atom is 0.233 e. The molecule has 2 unspecified atom stereocenters. The lowest BCUT2D eigenvalue weighted by molar-refractivity contribution is -0.158. The molecular formula is C19H23NO2. The van der Waals surface area contributed by atoms with E-state index in [0.29, 0.717) is 18.9 Å².